The van der Waals surface area contributed by atoms with E-state index in [2.05, 4.69) is 27.9 Å². The van der Waals surface area contributed by atoms with E-state index < -0.39 is 29.4 Å². The first-order valence-electron chi connectivity index (χ1n) is 11.3. The number of nitrogens with one attached hydrogen (secondary N) is 2. The predicted octanol–water partition coefficient (Wildman–Crippen LogP) is 4.01. The van der Waals surface area contributed by atoms with E-state index in [1.807, 2.05) is 36.4 Å². The van der Waals surface area contributed by atoms with Gasteiger partial charge in [-0.1, -0.05) is 69.3 Å². The lowest BCUT2D eigenvalue weighted by atomic mass is 9.86. The van der Waals surface area contributed by atoms with E-state index in [0.29, 0.717) is 0 Å². The van der Waals surface area contributed by atoms with Crippen LogP contribution in [-0.4, -0.2) is 45.5 Å². The van der Waals surface area contributed by atoms with Crippen LogP contribution in [0.3, 0.4) is 0 Å². The van der Waals surface area contributed by atoms with Crippen LogP contribution in [-0.2, 0) is 16.6 Å². The topological polar surface area (TPSA) is 123 Å². The van der Waals surface area contributed by atoms with Crippen molar-refractivity contribution in [3.05, 3.63) is 71.4 Å². The average molecular weight is 477 g/mol. The van der Waals surface area contributed by atoms with Gasteiger partial charge in [0.1, 0.15) is 18.2 Å². The number of aryl methyl sites for hydroxylation is 1. The Morgan fingerprint density at radius 3 is 2.17 bits per heavy atom. The number of hydrogen-bond acceptors (Lipinski definition) is 5. The molecule has 0 bridgehead atoms. The minimum Gasteiger partial charge on any atom is -0.480 e. The van der Waals surface area contributed by atoms with E-state index in [4.69, 9.17) is 4.74 Å². The number of hydrogen-bond donors (Lipinski definition) is 3. The molecular weight excluding hydrogens is 448 g/mol. The van der Waals surface area contributed by atoms with Gasteiger partial charge in [-0.25, -0.2) is 9.59 Å². The summed E-state index contributed by atoms with van der Waals surface area (Å²) in [4.78, 5) is 37.1. The van der Waals surface area contributed by atoms with E-state index in [-0.39, 0.29) is 23.9 Å². The van der Waals surface area contributed by atoms with Crippen LogP contribution in [0.25, 0.3) is 11.1 Å². The van der Waals surface area contributed by atoms with Crippen LogP contribution in [0.1, 0.15) is 48.2 Å². The quantitative estimate of drug-likeness (QED) is 0.494. The van der Waals surface area contributed by atoms with Crippen LogP contribution in [0.2, 0.25) is 0 Å². The molecule has 1 unspecified atom stereocenters. The van der Waals surface area contributed by atoms with Crippen molar-refractivity contribution in [1.82, 2.24) is 15.1 Å². The van der Waals surface area contributed by atoms with Crippen molar-refractivity contribution in [3.8, 4) is 11.1 Å². The number of aliphatic carboxylic acids is 1. The highest BCUT2D eigenvalue weighted by atomic mass is 16.5. The number of rotatable bonds is 6. The zero-order chi connectivity index (χ0) is 25.3. The number of aromatic nitrogens is 2. The highest BCUT2D eigenvalue weighted by molar-refractivity contribution is 6.02. The SMILES string of the molecule is Cn1cc(C(=O)NC(C(=O)O)C(C)(C)C)c(NC(=O)OCC2c3ccccc3-c3ccccc32)n1. The number of amides is 2. The molecule has 1 heterocycles. The largest absolute Gasteiger partial charge is 0.480 e. The molecule has 0 spiro atoms. The molecule has 0 saturated heterocycles. The molecule has 1 aliphatic carbocycles. The molecular formula is C26H28N4O5. The number of benzene rings is 2. The second-order valence-corrected chi connectivity index (χ2v) is 9.63. The van der Waals surface area contributed by atoms with Crippen molar-refractivity contribution >= 4 is 23.8 Å². The van der Waals surface area contributed by atoms with Crippen molar-refractivity contribution in [2.45, 2.75) is 32.7 Å². The van der Waals surface area contributed by atoms with Gasteiger partial charge in [-0.2, -0.15) is 5.10 Å². The molecule has 0 saturated carbocycles. The Hall–Kier alpha value is -4.14. The Morgan fingerprint density at radius 2 is 1.63 bits per heavy atom. The van der Waals surface area contributed by atoms with Gasteiger partial charge >= 0.3 is 12.1 Å². The van der Waals surface area contributed by atoms with Gasteiger partial charge in [0, 0.05) is 19.2 Å². The van der Waals surface area contributed by atoms with E-state index in [1.54, 1.807) is 27.8 Å². The highest BCUT2D eigenvalue weighted by Gasteiger charge is 2.34. The summed E-state index contributed by atoms with van der Waals surface area (Å²) in [7, 11) is 1.60. The number of carbonyl (C=O) groups excluding carboxylic acids is 2. The zero-order valence-electron chi connectivity index (χ0n) is 20.0. The Labute approximate surface area is 203 Å². The first kappa shape index (κ1) is 24.0. The van der Waals surface area contributed by atoms with Gasteiger partial charge in [0.2, 0.25) is 0 Å². The zero-order valence-corrected chi connectivity index (χ0v) is 20.0. The molecule has 2 aromatic carbocycles. The first-order valence-corrected chi connectivity index (χ1v) is 11.3. The van der Waals surface area contributed by atoms with E-state index >= 15 is 0 Å². The summed E-state index contributed by atoms with van der Waals surface area (Å²) in [5, 5.41) is 18.7. The molecule has 0 aliphatic heterocycles. The molecule has 2 amide bonds. The minimum absolute atomic E-state index is 0.0136. The fourth-order valence-electron chi connectivity index (χ4n) is 4.34. The Bertz CT molecular complexity index is 1250. The molecule has 9 heteroatoms. The Morgan fingerprint density at radius 1 is 1.06 bits per heavy atom. The van der Waals surface area contributed by atoms with Gasteiger partial charge < -0.3 is 15.2 Å². The summed E-state index contributed by atoms with van der Waals surface area (Å²) in [5.41, 5.74) is 3.73. The number of carbonyl (C=O) groups is 3. The van der Waals surface area contributed by atoms with Crippen LogP contribution in [0.5, 0.6) is 0 Å². The van der Waals surface area contributed by atoms with Gasteiger partial charge in [0.25, 0.3) is 5.91 Å². The molecule has 35 heavy (non-hydrogen) atoms. The molecule has 0 fully saturated rings. The molecule has 0 radical (unpaired) electrons. The van der Waals surface area contributed by atoms with Gasteiger partial charge in [-0.05, 0) is 27.7 Å². The molecule has 9 nitrogen and oxygen atoms in total. The molecule has 182 valence electrons. The normalized spacial score (nSPS) is 13.5. The first-order chi connectivity index (χ1) is 16.6. The van der Waals surface area contributed by atoms with Crippen molar-refractivity contribution < 1.29 is 24.2 Å². The fourth-order valence-corrected chi connectivity index (χ4v) is 4.34. The lowest BCUT2D eigenvalue weighted by Crippen LogP contribution is -2.49. The molecule has 3 aromatic rings. The maximum atomic E-state index is 12.8. The van der Waals surface area contributed by atoms with Crippen LogP contribution in [0, 0.1) is 5.41 Å². The maximum Gasteiger partial charge on any atom is 0.412 e. The summed E-state index contributed by atoms with van der Waals surface area (Å²) >= 11 is 0. The van der Waals surface area contributed by atoms with E-state index in [0.717, 1.165) is 22.3 Å². The predicted molar refractivity (Wildman–Crippen MR) is 130 cm³/mol. The summed E-state index contributed by atoms with van der Waals surface area (Å²) in [6.07, 6.45) is 0.654. The molecule has 1 aromatic heterocycles. The molecule has 3 N–H and O–H groups in total. The van der Waals surface area contributed by atoms with Crippen molar-refractivity contribution in [2.75, 3.05) is 11.9 Å². The second kappa shape index (κ2) is 9.25. The molecule has 1 aliphatic rings. The number of carboxylic acids is 1. The van der Waals surface area contributed by atoms with Gasteiger partial charge in [-0.3, -0.25) is 14.8 Å². The summed E-state index contributed by atoms with van der Waals surface area (Å²) in [5.74, 6) is -1.93. The van der Waals surface area contributed by atoms with Crippen molar-refractivity contribution in [2.24, 2.45) is 12.5 Å². The smallest absolute Gasteiger partial charge is 0.412 e. The van der Waals surface area contributed by atoms with Crippen LogP contribution >= 0.6 is 0 Å². The van der Waals surface area contributed by atoms with Crippen LogP contribution in [0.15, 0.2) is 54.7 Å². The number of anilines is 1. The number of fused-ring (bicyclic) bond motifs is 3. The van der Waals surface area contributed by atoms with Gasteiger partial charge in [0.15, 0.2) is 5.82 Å². The van der Waals surface area contributed by atoms with Gasteiger partial charge in [-0.15, -0.1) is 0 Å². The third-order valence-corrected chi connectivity index (χ3v) is 6.03. The summed E-state index contributed by atoms with van der Waals surface area (Å²) in [6.45, 7) is 5.25. The molecule has 1 atom stereocenters. The summed E-state index contributed by atoms with van der Waals surface area (Å²) in [6, 6.07) is 14.9. The maximum absolute atomic E-state index is 12.8. The standard InChI is InChI=1S/C26H28N4O5/c1-26(2,3)21(24(32)33)27-23(31)19-13-30(4)29-22(19)28-25(34)35-14-20-17-11-7-5-9-15(17)16-10-6-8-12-18(16)20/h5-13,20-21H,14H2,1-4H3,(H,27,31)(H,32,33)(H,28,29,34). The van der Waals surface area contributed by atoms with Crippen molar-refractivity contribution in [1.29, 1.82) is 0 Å². The lowest BCUT2D eigenvalue weighted by molar-refractivity contribution is -0.142. The van der Waals surface area contributed by atoms with E-state index in [1.165, 1.54) is 10.9 Å². The number of ether oxygens (including phenoxy) is 1. The minimum atomic E-state index is -1.15. The Balaban J connectivity index is 1.46. The highest BCUT2D eigenvalue weighted by Crippen LogP contribution is 2.44. The summed E-state index contributed by atoms with van der Waals surface area (Å²) < 4.78 is 6.90. The average Bonchev–Trinajstić information content (AvgIpc) is 3.32. The van der Waals surface area contributed by atoms with Crippen LogP contribution < -0.4 is 10.6 Å². The van der Waals surface area contributed by atoms with Crippen LogP contribution in [0.4, 0.5) is 10.6 Å². The monoisotopic (exact) mass is 476 g/mol. The third kappa shape index (κ3) is 4.89. The third-order valence-electron chi connectivity index (χ3n) is 6.03. The molecule has 4 rings (SSSR count). The lowest BCUT2D eigenvalue weighted by Gasteiger charge is -2.27. The van der Waals surface area contributed by atoms with E-state index in [9.17, 15) is 19.5 Å². The van der Waals surface area contributed by atoms with Crippen molar-refractivity contribution in [3.63, 3.8) is 0 Å². The second-order valence-electron chi connectivity index (χ2n) is 9.63. The number of carboxylic acid groups (broad SMARTS) is 1. The fraction of sp³-hybridized carbons (Fsp3) is 0.308. The van der Waals surface area contributed by atoms with Gasteiger partial charge in [0.05, 0.1) is 0 Å². The Kier molecular flexibility index (Phi) is 6.34. The number of nitrogens with zero attached hydrogens (tertiary/aromatic N) is 2.